The molecule has 1 aromatic rings. The molecule has 0 saturated heterocycles. The summed E-state index contributed by atoms with van der Waals surface area (Å²) in [5.74, 6) is -0.289. The van der Waals surface area contributed by atoms with Crippen molar-refractivity contribution in [3.05, 3.63) is 22.4 Å². The number of thioether (sulfide) groups is 1. The molecule has 0 bridgehead atoms. The summed E-state index contributed by atoms with van der Waals surface area (Å²) in [5, 5.41) is 13.7. The molecule has 1 aromatic heterocycles. The minimum absolute atomic E-state index is 0.0126. The van der Waals surface area contributed by atoms with E-state index in [1.807, 2.05) is 30.7 Å². The molecule has 21 heavy (non-hydrogen) atoms. The van der Waals surface area contributed by atoms with Crippen LogP contribution >= 0.6 is 23.1 Å². The first-order valence-corrected chi connectivity index (χ1v) is 9.00. The number of urea groups is 1. The number of likely N-dealkylation sites (N-methyl/N-ethyl adjacent to an activating group) is 1. The fourth-order valence-corrected chi connectivity index (χ4v) is 3.10. The van der Waals surface area contributed by atoms with Crippen LogP contribution in [0.2, 0.25) is 0 Å². The van der Waals surface area contributed by atoms with Crippen LogP contribution in [0.3, 0.4) is 0 Å². The van der Waals surface area contributed by atoms with E-state index in [-0.39, 0.29) is 12.1 Å². The zero-order chi connectivity index (χ0) is 15.8. The van der Waals surface area contributed by atoms with Crippen molar-refractivity contribution < 1.29 is 14.7 Å². The smallest absolute Gasteiger partial charge is 0.326 e. The lowest BCUT2D eigenvalue weighted by Gasteiger charge is -2.26. The number of carbonyl (C=O) groups is 2. The van der Waals surface area contributed by atoms with E-state index in [9.17, 15) is 9.59 Å². The molecule has 0 aliphatic heterocycles. The fraction of sp³-hybridized carbons (Fsp3) is 0.571. The van der Waals surface area contributed by atoms with Crippen molar-refractivity contribution in [2.45, 2.75) is 31.8 Å². The Morgan fingerprint density at radius 2 is 2.24 bits per heavy atom. The van der Waals surface area contributed by atoms with Crippen LogP contribution in [0.4, 0.5) is 4.79 Å². The predicted molar refractivity (Wildman–Crippen MR) is 88.2 cm³/mol. The van der Waals surface area contributed by atoms with Crippen LogP contribution in [0.25, 0.3) is 0 Å². The van der Waals surface area contributed by atoms with Crippen molar-refractivity contribution in [3.63, 3.8) is 0 Å². The molecule has 2 unspecified atom stereocenters. The van der Waals surface area contributed by atoms with Crippen molar-refractivity contribution in [1.82, 2.24) is 10.2 Å². The molecule has 2 N–H and O–H groups in total. The van der Waals surface area contributed by atoms with Crippen LogP contribution in [0.15, 0.2) is 17.5 Å². The molecule has 7 heteroatoms. The number of nitrogens with one attached hydrogen (secondary N) is 1. The Morgan fingerprint density at radius 1 is 1.52 bits per heavy atom. The number of nitrogens with zero attached hydrogens (tertiary/aromatic N) is 1. The summed E-state index contributed by atoms with van der Waals surface area (Å²) in [6, 6.07) is 2.86. The molecule has 118 valence electrons. The Labute approximate surface area is 133 Å². The summed E-state index contributed by atoms with van der Waals surface area (Å²) in [6.07, 6.45) is 3.11. The van der Waals surface area contributed by atoms with Crippen LogP contribution in [-0.2, 0) is 11.2 Å². The molecule has 2 atom stereocenters. The first-order chi connectivity index (χ1) is 9.95. The normalized spacial score (nSPS) is 13.5. The van der Waals surface area contributed by atoms with Crippen LogP contribution < -0.4 is 5.32 Å². The van der Waals surface area contributed by atoms with Gasteiger partial charge in [-0.25, -0.2) is 9.59 Å². The maximum absolute atomic E-state index is 12.1. The van der Waals surface area contributed by atoms with Gasteiger partial charge in [0.1, 0.15) is 6.04 Å². The average molecular weight is 330 g/mol. The third kappa shape index (κ3) is 5.97. The van der Waals surface area contributed by atoms with Crippen molar-refractivity contribution in [3.8, 4) is 0 Å². The first kappa shape index (κ1) is 17.8. The summed E-state index contributed by atoms with van der Waals surface area (Å²) >= 11 is 3.22. The highest BCUT2D eigenvalue weighted by Crippen LogP contribution is 2.13. The fourth-order valence-electron chi connectivity index (χ4n) is 1.80. The number of rotatable bonds is 8. The van der Waals surface area contributed by atoms with Crippen molar-refractivity contribution in [2.75, 3.05) is 19.1 Å². The number of carboxylic acid groups (broad SMARTS) is 1. The topological polar surface area (TPSA) is 69.6 Å². The summed E-state index contributed by atoms with van der Waals surface area (Å²) < 4.78 is 0. The van der Waals surface area contributed by atoms with Crippen LogP contribution in [0.1, 0.15) is 18.2 Å². The van der Waals surface area contributed by atoms with E-state index in [4.69, 9.17) is 5.11 Å². The first-order valence-electron chi connectivity index (χ1n) is 6.73. The summed E-state index contributed by atoms with van der Waals surface area (Å²) in [4.78, 5) is 26.1. The Balaban J connectivity index is 2.53. The lowest BCUT2D eigenvalue weighted by Crippen LogP contribution is -2.49. The third-order valence-electron chi connectivity index (χ3n) is 3.26. The van der Waals surface area contributed by atoms with Gasteiger partial charge in [-0.15, -0.1) is 11.3 Å². The molecule has 1 rings (SSSR count). The predicted octanol–water partition coefficient (Wildman–Crippen LogP) is 2.53. The average Bonchev–Trinajstić information content (AvgIpc) is 2.94. The molecule has 0 aliphatic carbocycles. The molecule has 0 spiro atoms. The second-order valence-corrected chi connectivity index (χ2v) is 6.88. The van der Waals surface area contributed by atoms with Crippen molar-refractivity contribution in [1.29, 1.82) is 0 Å². The van der Waals surface area contributed by atoms with Gasteiger partial charge in [-0.2, -0.15) is 11.8 Å². The van der Waals surface area contributed by atoms with Gasteiger partial charge in [0.05, 0.1) is 0 Å². The second-order valence-electron chi connectivity index (χ2n) is 4.87. The highest BCUT2D eigenvalue weighted by atomic mass is 32.2. The van der Waals surface area contributed by atoms with Crippen LogP contribution in [0, 0.1) is 0 Å². The molecular formula is C14H22N2O3S2. The third-order valence-corrected chi connectivity index (χ3v) is 4.81. The SMILES string of the molecule is CSCCC(NC(=O)N(C)C(C)Cc1cccs1)C(=O)O. The largest absolute Gasteiger partial charge is 0.480 e. The number of carboxylic acids is 1. The van der Waals surface area contributed by atoms with Crippen LogP contribution in [0.5, 0.6) is 0 Å². The van der Waals surface area contributed by atoms with E-state index in [1.165, 1.54) is 4.88 Å². The van der Waals surface area contributed by atoms with Gasteiger partial charge >= 0.3 is 12.0 Å². The lowest BCUT2D eigenvalue weighted by molar-refractivity contribution is -0.139. The number of hydrogen-bond acceptors (Lipinski definition) is 4. The summed E-state index contributed by atoms with van der Waals surface area (Å²) in [5.41, 5.74) is 0. The Bertz CT molecular complexity index is 451. The molecule has 5 nitrogen and oxygen atoms in total. The Morgan fingerprint density at radius 3 is 2.76 bits per heavy atom. The number of thiophene rings is 1. The van der Waals surface area contributed by atoms with Gasteiger partial charge in [0.15, 0.2) is 0 Å². The van der Waals surface area contributed by atoms with E-state index >= 15 is 0 Å². The summed E-state index contributed by atoms with van der Waals surface area (Å²) in [7, 11) is 1.70. The maximum Gasteiger partial charge on any atom is 0.326 e. The number of amides is 2. The van der Waals surface area contributed by atoms with Crippen LogP contribution in [-0.4, -0.2) is 53.1 Å². The van der Waals surface area contributed by atoms with E-state index in [0.717, 1.165) is 6.42 Å². The standard InChI is InChI=1S/C14H22N2O3S2/c1-10(9-11-5-4-7-21-11)16(2)14(19)15-12(13(17)18)6-8-20-3/h4-5,7,10,12H,6,8-9H2,1-3H3,(H,15,19)(H,17,18). The van der Waals surface area contributed by atoms with Gasteiger partial charge in [0.25, 0.3) is 0 Å². The second kappa shape index (κ2) is 8.94. The molecule has 0 aromatic carbocycles. The highest BCUT2D eigenvalue weighted by molar-refractivity contribution is 7.98. The van der Waals surface area contributed by atoms with E-state index in [2.05, 4.69) is 5.32 Å². The highest BCUT2D eigenvalue weighted by Gasteiger charge is 2.23. The molecular weight excluding hydrogens is 308 g/mol. The van der Waals surface area contributed by atoms with Gasteiger partial charge in [-0.05, 0) is 36.8 Å². The zero-order valence-corrected chi connectivity index (χ0v) is 14.2. The van der Waals surface area contributed by atoms with E-state index < -0.39 is 12.0 Å². The number of hydrogen-bond donors (Lipinski definition) is 2. The minimum Gasteiger partial charge on any atom is -0.480 e. The van der Waals surface area contributed by atoms with Crippen molar-refractivity contribution in [2.24, 2.45) is 0 Å². The maximum atomic E-state index is 12.1. The molecule has 0 radical (unpaired) electrons. The van der Waals surface area contributed by atoms with Gasteiger partial charge in [-0.1, -0.05) is 6.07 Å². The van der Waals surface area contributed by atoms with Gasteiger partial charge in [0, 0.05) is 24.4 Å². The molecule has 0 saturated carbocycles. The number of carbonyl (C=O) groups excluding carboxylic acids is 1. The monoisotopic (exact) mass is 330 g/mol. The number of aliphatic carboxylic acids is 1. The quantitative estimate of drug-likeness (QED) is 0.768. The Kier molecular flexibility index (Phi) is 7.60. The van der Waals surface area contributed by atoms with Gasteiger partial charge < -0.3 is 15.3 Å². The lowest BCUT2D eigenvalue weighted by atomic mass is 10.2. The van der Waals surface area contributed by atoms with Gasteiger partial charge in [-0.3, -0.25) is 0 Å². The molecule has 0 aliphatic rings. The summed E-state index contributed by atoms with van der Waals surface area (Å²) in [6.45, 7) is 1.96. The molecule has 2 amide bonds. The molecule has 0 fully saturated rings. The van der Waals surface area contributed by atoms with E-state index in [0.29, 0.717) is 12.2 Å². The zero-order valence-electron chi connectivity index (χ0n) is 12.5. The van der Waals surface area contributed by atoms with Crippen molar-refractivity contribution >= 4 is 35.1 Å². The Hall–Kier alpha value is -1.21. The van der Waals surface area contributed by atoms with Gasteiger partial charge in [0.2, 0.25) is 0 Å². The molecule has 1 heterocycles. The minimum atomic E-state index is -0.989. The van der Waals surface area contributed by atoms with E-state index in [1.54, 1.807) is 35.0 Å².